The lowest BCUT2D eigenvalue weighted by molar-refractivity contribution is -0.149. The van der Waals surface area contributed by atoms with Crippen molar-refractivity contribution in [3.05, 3.63) is 0 Å². The summed E-state index contributed by atoms with van der Waals surface area (Å²) in [7, 11) is 0. The van der Waals surface area contributed by atoms with Crippen molar-refractivity contribution in [2.75, 3.05) is 105 Å². The summed E-state index contributed by atoms with van der Waals surface area (Å²) < 4.78 is 23.3. The fourth-order valence-electron chi connectivity index (χ4n) is 17.9. The minimum atomic E-state index is -0.949. The summed E-state index contributed by atoms with van der Waals surface area (Å²) in [6.45, 7) is 50.9. The summed E-state index contributed by atoms with van der Waals surface area (Å²) in [6.07, 6.45) is 42.6. The number of hydrogen-bond donors (Lipinski definition) is 4. The van der Waals surface area contributed by atoms with Crippen molar-refractivity contribution in [1.29, 1.82) is 0 Å². The predicted molar refractivity (Wildman–Crippen MR) is 497 cm³/mol. The van der Waals surface area contributed by atoms with E-state index in [2.05, 4.69) is 158 Å². The van der Waals surface area contributed by atoms with Gasteiger partial charge in [0, 0.05) is 78.0 Å². The molecule has 1 fully saturated rings. The van der Waals surface area contributed by atoms with Gasteiger partial charge >= 0.3 is 23.9 Å². The van der Waals surface area contributed by atoms with Gasteiger partial charge in [-0.05, 0) is 134 Å². The van der Waals surface area contributed by atoms with Gasteiger partial charge in [0.15, 0.2) is 0 Å². The van der Waals surface area contributed by atoms with Crippen LogP contribution < -0.4 is 0 Å². The molecule has 16 atom stereocenters. The zero-order valence-corrected chi connectivity index (χ0v) is 81.4. The van der Waals surface area contributed by atoms with Crippen LogP contribution in [-0.4, -0.2) is 193 Å². The first-order chi connectivity index (χ1) is 56.0. The maximum absolute atomic E-state index is 13.4. The maximum Gasteiger partial charge on any atom is 0.306 e. The van der Waals surface area contributed by atoms with Gasteiger partial charge in [-0.1, -0.05) is 370 Å². The first kappa shape index (κ1) is 114. The van der Waals surface area contributed by atoms with Crippen LogP contribution in [0.5, 0.6) is 0 Å². The van der Waals surface area contributed by atoms with Gasteiger partial charge < -0.3 is 39.4 Å². The number of carbonyl (C=O) groups is 4. The summed E-state index contributed by atoms with van der Waals surface area (Å²) in [5.74, 6) is 8.38. The van der Waals surface area contributed by atoms with Crippen LogP contribution in [-0.2, 0) is 38.1 Å². The minimum absolute atomic E-state index is 0.121. The molecule has 1 saturated heterocycles. The lowest BCUT2D eigenvalue weighted by Gasteiger charge is -2.34. The van der Waals surface area contributed by atoms with E-state index in [-0.39, 0.29) is 100 Å². The topological polar surface area (TPSA) is 199 Å². The van der Waals surface area contributed by atoms with Gasteiger partial charge in [0.05, 0.1) is 0 Å². The zero-order chi connectivity index (χ0) is 88.0. The number of aliphatic hydroxyl groups is 4. The van der Waals surface area contributed by atoms with Crippen molar-refractivity contribution in [1.82, 2.24) is 19.6 Å². The van der Waals surface area contributed by atoms with E-state index in [4.69, 9.17) is 18.9 Å². The number of nitrogens with zero attached hydrogens (tertiary/aromatic N) is 4. The largest absolute Gasteiger partial charge is 0.463 e. The molecule has 0 amide bonds. The molecule has 0 aliphatic carbocycles. The molecule has 1 aliphatic rings. The molecule has 700 valence electrons. The first-order valence-electron chi connectivity index (χ1n) is 50.3. The van der Waals surface area contributed by atoms with E-state index < -0.39 is 24.4 Å². The number of carbonyl (C=O) groups excluding carboxylic acids is 4. The molecule has 16 heteroatoms. The van der Waals surface area contributed by atoms with E-state index in [1.165, 1.54) is 154 Å². The van der Waals surface area contributed by atoms with Crippen LogP contribution in [0.25, 0.3) is 0 Å². The highest BCUT2D eigenvalue weighted by Crippen LogP contribution is 2.29. The van der Waals surface area contributed by atoms with Gasteiger partial charge in [-0.25, -0.2) is 0 Å². The van der Waals surface area contributed by atoms with Crippen LogP contribution >= 0.6 is 0 Å². The molecule has 0 radical (unpaired) electrons. The molecule has 118 heavy (non-hydrogen) atoms. The number of aliphatic hydroxyl groups excluding tert-OH is 4. The SMILES string of the molecule is CC(C)CCCC(C)CCCC(C)CCCC(C)CC(=O)OCC(O)CN1CCCN(CC(O)COC(=O)CC(C)CCCC(C)CCCC(C)CCCC(C)C)CCN(CC(O)COC(=O)CC(C)CCCC(C)CCCC(C)CCCC(C)C)CCCN(CC(O)COC(=O)CC(C)CCCC(C)CCCC(C)CCCC(C)C)CC1. The van der Waals surface area contributed by atoms with Crippen LogP contribution in [0.3, 0.4) is 0 Å². The molecule has 1 rings (SSSR count). The molecule has 0 aromatic heterocycles. The van der Waals surface area contributed by atoms with Gasteiger partial charge in [-0.3, -0.25) is 38.8 Å². The van der Waals surface area contributed by atoms with Crippen molar-refractivity contribution in [3.8, 4) is 0 Å². The van der Waals surface area contributed by atoms with E-state index in [0.29, 0.717) is 115 Å². The smallest absolute Gasteiger partial charge is 0.306 e. The Bertz CT molecular complexity index is 2050. The van der Waals surface area contributed by atoms with Crippen molar-refractivity contribution in [2.45, 2.75) is 433 Å². The summed E-state index contributed by atoms with van der Waals surface area (Å²) in [4.78, 5) is 62.3. The number of ether oxygens (including phenoxy) is 4. The van der Waals surface area contributed by atoms with Crippen LogP contribution in [0.4, 0.5) is 0 Å². The van der Waals surface area contributed by atoms with Crippen LogP contribution in [0.1, 0.15) is 408 Å². The zero-order valence-electron chi connectivity index (χ0n) is 81.4. The minimum Gasteiger partial charge on any atom is -0.463 e. The van der Waals surface area contributed by atoms with Crippen LogP contribution in [0.2, 0.25) is 0 Å². The highest BCUT2D eigenvalue weighted by molar-refractivity contribution is 5.70. The molecule has 0 aromatic rings. The Balaban J connectivity index is 3.30. The molecular formula is C102H200N4O12. The average Bonchev–Trinajstić information content (AvgIpc) is 0.902. The molecule has 1 heterocycles. The number of rotatable bonds is 72. The fraction of sp³-hybridized carbons (Fsp3) is 0.961. The maximum atomic E-state index is 13.4. The van der Waals surface area contributed by atoms with E-state index in [1.54, 1.807) is 0 Å². The van der Waals surface area contributed by atoms with Crippen molar-refractivity contribution >= 4 is 23.9 Å². The normalized spacial score (nSPS) is 18.5. The predicted octanol–water partition coefficient (Wildman–Crippen LogP) is 23.5. The molecule has 0 bridgehead atoms. The Morgan fingerprint density at radius 2 is 0.347 bits per heavy atom. The highest BCUT2D eigenvalue weighted by atomic mass is 16.6. The third kappa shape index (κ3) is 69.8. The summed E-state index contributed by atoms with van der Waals surface area (Å²) >= 11 is 0. The Kier molecular flexibility index (Phi) is 69.0. The quantitative estimate of drug-likeness (QED) is 0.0331. The molecule has 0 aromatic carbocycles. The van der Waals surface area contributed by atoms with E-state index >= 15 is 0 Å². The Morgan fingerprint density at radius 3 is 0.492 bits per heavy atom. The van der Waals surface area contributed by atoms with Crippen molar-refractivity contribution in [2.24, 2.45) is 94.7 Å². The van der Waals surface area contributed by atoms with Gasteiger partial charge in [0.2, 0.25) is 0 Å². The Hall–Kier alpha value is -2.44. The third-order valence-corrected chi connectivity index (χ3v) is 26.1. The van der Waals surface area contributed by atoms with Gasteiger partial charge in [-0.15, -0.1) is 0 Å². The summed E-state index contributed by atoms with van der Waals surface area (Å²) in [6, 6.07) is 0. The lowest BCUT2D eigenvalue weighted by Crippen LogP contribution is -2.47. The lowest BCUT2D eigenvalue weighted by atomic mass is 9.91. The number of hydrogen-bond acceptors (Lipinski definition) is 16. The second-order valence-corrected chi connectivity index (χ2v) is 42.1. The van der Waals surface area contributed by atoms with Gasteiger partial charge in [0.25, 0.3) is 0 Å². The van der Waals surface area contributed by atoms with E-state index in [1.807, 2.05) is 0 Å². The fourth-order valence-corrected chi connectivity index (χ4v) is 17.9. The van der Waals surface area contributed by atoms with E-state index in [9.17, 15) is 39.6 Å². The van der Waals surface area contributed by atoms with Gasteiger partial charge in [0.1, 0.15) is 50.8 Å². The van der Waals surface area contributed by atoms with Crippen molar-refractivity contribution in [3.63, 3.8) is 0 Å². The third-order valence-electron chi connectivity index (χ3n) is 26.1. The van der Waals surface area contributed by atoms with E-state index in [0.717, 1.165) is 124 Å². The van der Waals surface area contributed by atoms with Crippen molar-refractivity contribution < 1.29 is 58.6 Å². The highest BCUT2D eigenvalue weighted by Gasteiger charge is 2.26. The molecule has 16 unspecified atom stereocenters. The second kappa shape index (κ2) is 71.7. The molecule has 1 aliphatic heterocycles. The monoisotopic (exact) mass is 1670 g/mol. The second-order valence-electron chi connectivity index (χ2n) is 42.1. The molecular weight excluding hydrogens is 1470 g/mol. The Morgan fingerprint density at radius 1 is 0.212 bits per heavy atom. The summed E-state index contributed by atoms with van der Waals surface area (Å²) in [5.41, 5.74) is 0. The molecule has 0 spiro atoms. The molecule has 0 saturated carbocycles. The standard InChI is InChI=1S/C102H200N4O12/c1-79(2)35-21-39-83(9)43-25-47-87(13)51-29-55-91(17)67-99(111)115-75-95(107)71-103-59-33-60-105(73-97(109)77-117-101(113)69-93(19)57-31-53-89(15)49-27-45-85(11)41-23-37-81(5)6)65-66-106(74-98(110)78-118-102(114)70-94(20)58-32-54-90(16)50-28-46-86(12)42-24-38-82(7)8)62-34-61-104(64-63-103)72-96(108)76-116-100(112)68-92(18)56-30-52-88(14)48-26-44-84(10)40-22-36-80(3)4/h79-98,107-110H,21-78H2,1-20H3. The average molecular weight is 1670 g/mol. The van der Waals surface area contributed by atoms with Crippen LogP contribution in [0.15, 0.2) is 0 Å². The van der Waals surface area contributed by atoms with Gasteiger partial charge in [-0.2, -0.15) is 0 Å². The Labute approximate surface area is 730 Å². The molecule has 16 nitrogen and oxygen atoms in total. The number of β-amino-alcohol motifs (C(OH)–C–C–N with tert-alkyl or cyclic N) is 4. The van der Waals surface area contributed by atoms with Crippen LogP contribution in [0, 0.1) is 94.7 Å². The first-order valence-corrected chi connectivity index (χ1v) is 50.3. The molecule has 4 N–H and O–H groups in total. The summed E-state index contributed by atoms with van der Waals surface area (Å²) in [5, 5.41) is 46.8. The number of esters is 4.